The largest absolute Gasteiger partial charge is 0.383 e. The number of amides is 2. The van der Waals surface area contributed by atoms with Crippen LogP contribution in [-0.2, 0) is 16.0 Å². The zero-order valence-electron chi connectivity index (χ0n) is 16.5. The molecular formula is C22H27N5O2. The minimum atomic E-state index is -0.742. The predicted molar refractivity (Wildman–Crippen MR) is 115 cm³/mol. The van der Waals surface area contributed by atoms with Crippen LogP contribution in [0.25, 0.3) is 0 Å². The maximum absolute atomic E-state index is 12.3. The Morgan fingerprint density at radius 2 is 1.86 bits per heavy atom. The molecule has 2 atom stereocenters. The maximum Gasteiger partial charge on any atom is 0.264 e. The number of rotatable bonds is 6. The Labute approximate surface area is 170 Å². The molecule has 2 aromatic rings. The molecule has 3 rings (SSSR count). The highest BCUT2D eigenvalue weighted by molar-refractivity contribution is 6.05. The predicted octanol–water partition coefficient (Wildman–Crippen LogP) is 1.20. The molecule has 152 valence electrons. The van der Waals surface area contributed by atoms with Gasteiger partial charge in [-0.25, -0.2) is 0 Å². The van der Waals surface area contributed by atoms with Crippen LogP contribution in [0.15, 0.2) is 59.6 Å². The molecule has 5 N–H and O–H groups in total. The monoisotopic (exact) mass is 393 g/mol. The third-order valence-electron chi connectivity index (χ3n) is 5.14. The lowest BCUT2D eigenvalue weighted by molar-refractivity contribution is -0.121. The van der Waals surface area contributed by atoms with E-state index in [1.807, 2.05) is 54.6 Å². The summed E-state index contributed by atoms with van der Waals surface area (Å²) in [6, 6.07) is 16.1. The summed E-state index contributed by atoms with van der Waals surface area (Å²) in [4.78, 5) is 30.4. The van der Waals surface area contributed by atoms with E-state index in [4.69, 9.17) is 11.5 Å². The lowest BCUT2D eigenvalue weighted by atomic mass is 10.1. The van der Waals surface area contributed by atoms with E-state index in [9.17, 15) is 9.59 Å². The van der Waals surface area contributed by atoms with Gasteiger partial charge in [-0.1, -0.05) is 30.3 Å². The first-order chi connectivity index (χ1) is 14.0. The smallest absolute Gasteiger partial charge is 0.264 e. The Bertz CT molecular complexity index is 880. The van der Waals surface area contributed by atoms with E-state index in [0.717, 1.165) is 30.6 Å². The number of hydrogen-bond donors (Lipinski definition) is 3. The summed E-state index contributed by atoms with van der Waals surface area (Å²) >= 11 is 0. The standard InChI is InChI=1S/C22H27N5O2/c1-25-22(29)19-8-5-13-27(19)17-11-9-16(10-12-17)20(24)26-21(28)18(23)14-15-6-3-2-4-7-15/h2-4,6-7,9-12,18-19H,5,8,13-14,23H2,1H3,(H,25,29)(H2,24,26,28)/t18-,19+/m1/s1. The number of nitrogens with zero attached hydrogens (tertiary/aromatic N) is 2. The highest BCUT2D eigenvalue weighted by atomic mass is 16.2. The topological polar surface area (TPSA) is 114 Å². The molecule has 7 nitrogen and oxygen atoms in total. The van der Waals surface area contributed by atoms with Crippen molar-refractivity contribution in [3.05, 3.63) is 65.7 Å². The van der Waals surface area contributed by atoms with Gasteiger partial charge >= 0.3 is 0 Å². The van der Waals surface area contributed by atoms with Gasteiger partial charge in [-0.2, -0.15) is 4.99 Å². The van der Waals surface area contributed by atoms with Gasteiger partial charge in [0.05, 0.1) is 6.04 Å². The fourth-order valence-electron chi connectivity index (χ4n) is 3.56. The maximum atomic E-state index is 12.3. The Morgan fingerprint density at radius 3 is 2.52 bits per heavy atom. The SMILES string of the molecule is CNC(=O)[C@@H]1CCCN1c1ccc(C(N)=NC(=O)[C@H](N)Cc2ccccc2)cc1. The molecule has 1 aliphatic heterocycles. The molecule has 2 aromatic carbocycles. The normalized spacial score (nSPS) is 17.8. The number of carbonyl (C=O) groups excluding carboxylic acids is 2. The van der Waals surface area contributed by atoms with Gasteiger partial charge in [0.15, 0.2) is 0 Å². The number of aliphatic imine (C=N–C) groups is 1. The molecule has 0 aliphatic carbocycles. The number of carbonyl (C=O) groups is 2. The molecule has 0 bridgehead atoms. The molecule has 1 saturated heterocycles. The molecular weight excluding hydrogens is 366 g/mol. The van der Waals surface area contributed by atoms with Crippen LogP contribution in [0, 0.1) is 0 Å². The number of amidine groups is 1. The minimum Gasteiger partial charge on any atom is -0.383 e. The lowest BCUT2D eigenvalue weighted by Crippen LogP contribution is -2.42. The molecule has 1 aliphatic rings. The van der Waals surface area contributed by atoms with Crippen molar-refractivity contribution in [3.8, 4) is 0 Å². The van der Waals surface area contributed by atoms with Gasteiger partial charge in [-0.15, -0.1) is 0 Å². The first-order valence-corrected chi connectivity index (χ1v) is 9.75. The van der Waals surface area contributed by atoms with E-state index >= 15 is 0 Å². The second-order valence-corrected chi connectivity index (χ2v) is 7.14. The number of hydrogen-bond acceptors (Lipinski definition) is 4. The summed E-state index contributed by atoms with van der Waals surface area (Å²) in [5.74, 6) is -0.297. The van der Waals surface area contributed by atoms with E-state index in [0.29, 0.717) is 12.0 Å². The fourth-order valence-corrected chi connectivity index (χ4v) is 3.56. The van der Waals surface area contributed by atoms with Crippen molar-refractivity contribution in [2.45, 2.75) is 31.3 Å². The summed E-state index contributed by atoms with van der Waals surface area (Å²) in [6.45, 7) is 0.827. The van der Waals surface area contributed by atoms with E-state index in [-0.39, 0.29) is 17.8 Å². The quantitative estimate of drug-likeness (QED) is 0.504. The number of nitrogens with one attached hydrogen (secondary N) is 1. The molecule has 0 unspecified atom stereocenters. The third-order valence-corrected chi connectivity index (χ3v) is 5.14. The highest BCUT2D eigenvalue weighted by Crippen LogP contribution is 2.26. The highest BCUT2D eigenvalue weighted by Gasteiger charge is 2.30. The number of likely N-dealkylation sites (N-methyl/N-ethyl adjacent to an activating group) is 1. The summed E-state index contributed by atoms with van der Waals surface area (Å²) in [5, 5.41) is 2.72. The average molecular weight is 393 g/mol. The summed E-state index contributed by atoms with van der Waals surface area (Å²) in [7, 11) is 1.65. The molecule has 7 heteroatoms. The van der Waals surface area contributed by atoms with Crippen LogP contribution >= 0.6 is 0 Å². The van der Waals surface area contributed by atoms with Crippen LogP contribution in [0.2, 0.25) is 0 Å². The van der Waals surface area contributed by atoms with Crippen molar-refractivity contribution in [1.29, 1.82) is 0 Å². The average Bonchev–Trinajstić information content (AvgIpc) is 3.24. The second-order valence-electron chi connectivity index (χ2n) is 7.14. The van der Waals surface area contributed by atoms with E-state index < -0.39 is 11.9 Å². The molecule has 0 spiro atoms. The zero-order chi connectivity index (χ0) is 20.8. The third kappa shape index (κ3) is 5.00. The van der Waals surface area contributed by atoms with Gasteiger partial charge in [0, 0.05) is 24.8 Å². The lowest BCUT2D eigenvalue weighted by Gasteiger charge is -2.25. The van der Waals surface area contributed by atoms with Gasteiger partial charge in [-0.3, -0.25) is 9.59 Å². The Morgan fingerprint density at radius 1 is 1.17 bits per heavy atom. The molecule has 2 amide bonds. The summed E-state index contributed by atoms with van der Waals surface area (Å²) < 4.78 is 0. The van der Waals surface area contributed by atoms with Crippen molar-refractivity contribution in [2.75, 3.05) is 18.5 Å². The Kier molecular flexibility index (Phi) is 6.61. The fraction of sp³-hybridized carbons (Fsp3) is 0.318. The number of benzene rings is 2. The summed E-state index contributed by atoms with van der Waals surface area (Å²) in [5.41, 5.74) is 14.6. The summed E-state index contributed by atoms with van der Waals surface area (Å²) in [6.07, 6.45) is 2.21. The molecule has 0 saturated carbocycles. The van der Waals surface area contributed by atoms with Crippen LogP contribution < -0.4 is 21.7 Å². The van der Waals surface area contributed by atoms with Crippen molar-refractivity contribution < 1.29 is 9.59 Å². The van der Waals surface area contributed by atoms with Crippen molar-refractivity contribution in [2.24, 2.45) is 16.5 Å². The van der Waals surface area contributed by atoms with Gasteiger partial charge in [0.1, 0.15) is 11.9 Å². The van der Waals surface area contributed by atoms with Crippen molar-refractivity contribution in [1.82, 2.24) is 5.32 Å². The Balaban J connectivity index is 1.67. The van der Waals surface area contributed by atoms with E-state index in [1.54, 1.807) is 7.05 Å². The van der Waals surface area contributed by atoms with Crippen LogP contribution in [0.5, 0.6) is 0 Å². The first kappa shape index (κ1) is 20.5. The van der Waals surface area contributed by atoms with E-state index in [1.165, 1.54) is 0 Å². The van der Waals surface area contributed by atoms with Crippen LogP contribution in [-0.4, -0.2) is 43.3 Å². The zero-order valence-corrected chi connectivity index (χ0v) is 16.5. The van der Waals surface area contributed by atoms with Crippen LogP contribution in [0.1, 0.15) is 24.0 Å². The van der Waals surface area contributed by atoms with Crippen molar-refractivity contribution >= 4 is 23.3 Å². The first-order valence-electron chi connectivity index (χ1n) is 9.75. The molecule has 0 aromatic heterocycles. The van der Waals surface area contributed by atoms with Crippen LogP contribution in [0.3, 0.4) is 0 Å². The second kappa shape index (κ2) is 9.34. The van der Waals surface area contributed by atoms with E-state index in [2.05, 4.69) is 15.2 Å². The number of nitrogens with two attached hydrogens (primary N) is 2. The molecule has 1 heterocycles. The van der Waals surface area contributed by atoms with Crippen LogP contribution in [0.4, 0.5) is 5.69 Å². The van der Waals surface area contributed by atoms with Gasteiger partial charge < -0.3 is 21.7 Å². The number of anilines is 1. The minimum absolute atomic E-state index is 0.0191. The molecule has 1 fully saturated rings. The van der Waals surface area contributed by atoms with Gasteiger partial charge in [-0.05, 0) is 49.1 Å². The van der Waals surface area contributed by atoms with Gasteiger partial charge in [0.2, 0.25) is 5.91 Å². The molecule has 29 heavy (non-hydrogen) atoms. The van der Waals surface area contributed by atoms with Gasteiger partial charge in [0.25, 0.3) is 5.91 Å². The Hall–Kier alpha value is -3.19. The van der Waals surface area contributed by atoms with Crippen molar-refractivity contribution in [3.63, 3.8) is 0 Å². The molecule has 0 radical (unpaired) electrons.